The van der Waals surface area contributed by atoms with Crippen molar-refractivity contribution in [3.63, 3.8) is 0 Å². The lowest BCUT2D eigenvalue weighted by Gasteiger charge is -2.27. The number of hydrogen-bond donors (Lipinski definition) is 0. The zero-order valence-electron chi connectivity index (χ0n) is 30.2. The summed E-state index contributed by atoms with van der Waals surface area (Å²) in [7, 11) is -7.12. The van der Waals surface area contributed by atoms with Crippen LogP contribution in [0.4, 0.5) is 0 Å². The quantitative estimate of drug-likeness (QED) is 0.156. The Morgan fingerprint density at radius 2 is 0.788 bits per heavy atom. The lowest BCUT2D eigenvalue weighted by Crippen LogP contribution is -2.28. The lowest BCUT2D eigenvalue weighted by atomic mass is 9.98. The highest BCUT2D eigenvalue weighted by Gasteiger charge is 2.41. The summed E-state index contributed by atoms with van der Waals surface area (Å²) in [6.45, 7) is 12.0. The second kappa shape index (κ2) is 12.9. The molecular weight excluding hydrogens is 686 g/mol. The molecule has 6 aromatic carbocycles. The van der Waals surface area contributed by atoms with E-state index in [2.05, 4.69) is 0 Å². The van der Waals surface area contributed by atoms with E-state index in [1.54, 1.807) is 0 Å². The first-order valence-electron chi connectivity index (χ1n) is 17.4. The molecular formula is C44H40O6P2. The van der Waals surface area contributed by atoms with Gasteiger partial charge >= 0.3 is 0 Å². The summed E-state index contributed by atoms with van der Waals surface area (Å²) in [5.41, 5.74) is 6.96. The smallest absolute Gasteiger partial charge is 0.231 e. The van der Waals surface area contributed by atoms with Crippen LogP contribution in [0.5, 0.6) is 23.0 Å². The molecule has 0 saturated carbocycles. The van der Waals surface area contributed by atoms with E-state index in [-0.39, 0.29) is 13.6 Å². The molecule has 6 aromatic rings. The average Bonchev–Trinajstić information content (AvgIpc) is 3.85. The van der Waals surface area contributed by atoms with Gasteiger partial charge < -0.3 is 28.1 Å². The van der Waals surface area contributed by atoms with Crippen LogP contribution >= 0.6 is 14.3 Å². The summed E-state index contributed by atoms with van der Waals surface area (Å²) in [5.74, 6) is 2.05. The first kappa shape index (κ1) is 34.1. The average molecular weight is 727 g/mol. The minimum Gasteiger partial charge on any atom is -0.453 e. The highest BCUT2D eigenvalue weighted by atomic mass is 31.2. The molecule has 2 heterocycles. The van der Waals surface area contributed by atoms with E-state index in [0.29, 0.717) is 66.0 Å². The second-order valence-electron chi connectivity index (χ2n) is 13.8. The fourth-order valence-electron chi connectivity index (χ4n) is 7.29. The Morgan fingerprint density at radius 3 is 1.23 bits per heavy atom. The summed E-state index contributed by atoms with van der Waals surface area (Å²) in [6.07, 6.45) is 0. The van der Waals surface area contributed by atoms with E-state index in [1.807, 2.05) is 151 Å². The standard InChI is InChI=1S/C44H40O6P2/c1-27-7-15-33(16-8-27)51(45,34-17-9-28(2)10-18-34)38-24-37(43-42(32(38)6)48-26-49-43)40-39(23-31(5)41-44(40)50-25-47-41)52(46,35-19-11-29(3)12-20-35)36-21-13-30(4)14-22-36/h7-24H,25-26H2,1-6H3. The fraction of sp³-hybridized carbons (Fsp3) is 0.182. The maximum atomic E-state index is 16.3. The predicted octanol–water partition coefficient (Wildman–Crippen LogP) is 7.94. The molecule has 2 aliphatic heterocycles. The Balaban J connectivity index is 1.49. The highest BCUT2D eigenvalue weighted by molar-refractivity contribution is 7.86. The van der Waals surface area contributed by atoms with Gasteiger partial charge in [-0.1, -0.05) is 119 Å². The molecule has 0 atom stereocenters. The van der Waals surface area contributed by atoms with E-state index in [9.17, 15) is 0 Å². The zero-order chi connectivity index (χ0) is 36.4. The molecule has 0 aromatic heterocycles. The van der Waals surface area contributed by atoms with E-state index < -0.39 is 14.3 Å². The molecule has 0 aliphatic carbocycles. The Labute approximate surface area is 305 Å². The van der Waals surface area contributed by atoms with Crippen molar-refractivity contribution in [2.45, 2.75) is 41.5 Å². The summed E-state index contributed by atoms with van der Waals surface area (Å²) in [4.78, 5) is 0. The maximum absolute atomic E-state index is 16.3. The van der Waals surface area contributed by atoms with Crippen molar-refractivity contribution in [2.75, 3.05) is 13.6 Å². The first-order valence-corrected chi connectivity index (χ1v) is 20.8. The summed E-state index contributed by atoms with van der Waals surface area (Å²) < 4.78 is 57.3. The molecule has 8 heteroatoms. The fourth-order valence-corrected chi connectivity index (χ4v) is 13.1. The Morgan fingerprint density at radius 1 is 0.423 bits per heavy atom. The molecule has 0 spiro atoms. The molecule has 0 fully saturated rings. The molecule has 262 valence electrons. The molecule has 0 unspecified atom stereocenters. The van der Waals surface area contributed by atoms with E-state index in [0.717, 1.165) is 33.4 Å². The molecule has 2 aliphatic rings. The molecule has 0 bridgehead atoms. The van der Waals surface area contributed by atoms with Crippen LogP contribution in [-0.4, -0.2) is 13.6 Å². The SMILES string of the molecule is Cc1ccc(P(=O)(c2ccc(C)cc2)c2cc(-c3c(P(=O)(c4ccc(C)cc4)c4ccc(C)cc4)cc(C)c4c3OCO4)c3c(c2C)OCO3)cc1. The highest BCUT2D eigenvalue weighted by Crippen LogP contribution is 2.57. The largest absolute Gasteiger partial charge is 0.453 e. The molecule has 0 N–H and O–H groups in total. The monoisotopic (exact) mass is 726 g/mol. The van der Waals surface area contributed by atoms with Crippen molar-refractivity contribution in [2.24, 2.45) is 0 Å². The normalized spacial score (nSPS) is 13.4. The number of rotatable bonds is 7. The van der Waals surface area contributed by atoms with Gasteiger partial charge in [0.1, 0.15) is 0 Å². The number of hydrogen-bond acceptors (Lipinski definition) is 6. The van der Waals surface area contributed by atoms with Crippen LogP contribution in [0.3, 0.4) is 0 Å². The number of aryl methyl sites for hydroxylation is 5. The van der Waals surface area contributed by atoms with E-state index in [4.69, 9.17) is 18.9 Å². The van der Waals surface area contributed by atoms with Gasteiger partial charge in [0.2, 0.25) is 13.6 Å². The van der Waals surface area contributed by atoms with Crippen molar-refractivity contribution in [3.8, 4) is 34.1 Å². The van der Waals surface area contributed by atoms with Gasteiger partial charge in [-0.2, -0.15) is 0 Å². The van der Waals surface area contributed by atoms with Crippen LogP contribution in [0.25, 0.3) is 11.1 Å². The minimum absolute atomic E-state index is 0.00941. The number of benzene rings is 6. The third-order valence-corrected chi connectivity index (χ3v) is 16.5. The molecule has 0 radical (unpaired) electrons. The topological polar surface area (TPSA) is 71.1 Å². The Bertz CT molecular complexity index is 2350. The van der Waals surface area contributed by atoms with Crippen LogP contribution in [0, 0.1) is 41.5 Å². The van der Waals surface area contributed by atoms with E-state index >= 15 is 9.13 Å². The number of fused-ring (bicyclic) bond motifs is 2. The van der Waals surface area contributed by atoms with Crippen molar-refractivity contribution in [3.05, 3.63) is 143 Å². The van der Waals surface area contributed by atoms with Gasteiger partial charge in [-0.3, -0.25) is 0 Å². The predicted molar refractivity (Wildman–Crippen MR) is 211 cm³/mol. The van der Waals surface area contributed by atoms with Crippen molar-refractivity contribution in [1.82, 2.24) is 0 Å². The lowest BCUT2D eigenvalue weighted by molar-refractivity contribution is 0.172. The van der Waals surface area contributed by atoms with Gasteiger partial charge in [-0.25, -0.2) is 0 Å². The van der Waals surface area contributed by atoms with Crippen molar-refractivity contribution in [1.29, 1.82) is 0 Å². The van der Waals surface area contributed by atoms with Crippen molar-refractivity contribution >= 4 is 46.1 Å². The number of ether oxygens (including phenoxy) is 4. The third kappa shape index (κ3) is 5.40. The van der Waals surface area contributed by atoms with Crippen LogP contribution < -0.4 is 50.8 Å². The van der Waals surface area contributed by atoms with Gasteiger partial charge in [-0.15, -0.1) is 0 Å². The van der Waals surface area contributed by atoms with E-state index in [1.165, 1.54) is 0 Å². The zero-order valence-corrected chi connectivity index (χ0v) is 31.9. The van der Waals surface area contributed by atoms with Gasteiger partial charge in [0.05, 0.1) is 0 Å². The summed E-state index contributed by atoms with van der Waals surface area (Å²) >= 11 is 0. The summed E-state index contributed by atoms with van der Waals surface area (Å²) in [6, 6.07) is 35.5. The van der Waals surface area contributed by atoms with Gasteiger partial charge in [-0.05, 0) is 59.2 Å². The molecule has 52 heavy (non-hydrogen) atoms. The maximum Gasteiger partial charge on any atom is 0.231 e. The van der Waals surface area contributed by atoms with Crippen molar-refractivity contribution < 1.29 is 28.1 Å². The molecule has 0 amide bonds. The van der Waals surface area contributed by atoms with Crippen LogP contribution in [0.2, 0.25) is 0 Å². The van der Waals surface area contributed by atoms with Gasteiger partial charge in [0, 0.05) is 48.5 Å². The second-order valence-corrected chi connectivity index (χ2v) is 19.3. The summed E-state index contributed by atoms with van der Waals surface area (Å²) in [5, 5.41) is 3.97. The Hall–Kier alpha value is -5.02. The molecule has 6 nitrogen and oxygen atoms in total. The van der Waals surface area contributed by atoms with Gasteiger partial charge in [0.25, 0.3) is 0 Å². The van der Waals surface area contributed by atoms with Crippen LogP contribution in [-0.2, 0) is 9.13 Å². The molecule has 8 rings (SSSR count). The van der Waals surface area contributed by atoms with Crippen LogP contribution in [0.1, 0.15) is 33.4 Å². The first-order chi connectivity index (χ1) is 25.0. The molecule has 0 saturated heterocycles. The van der Waals surface area contributed by atoms with Crippen LogP contribution in [0.15, 0.2) is 109 Å². The van der Waals surface area contributed by atoms with Gasteiger partial charge in [0.15, 0.2) is 37.3 Å². The third-order valence-electron chi connectivity index (χ3n) is 10.2. The minimum atomic E-state index is -3.60. The Kier molecular flexibility index (Phi) is 8.44.